The van der Waals surface area contributed by atoms with Gasteiger partial charge in [0, 0.05) is 16.5 Å². The second-order valence-corrected chi connectivity index (χ2v) is 19.8. The van der Waals surface area contributed by atoms with Crippen molar-refractivity contribution in [1.82, 2.24) is 14.4 Å². The van der Waals surface area contributed by atoms with Gasteiger partial charge in [-0.05, 0) is 85.1 Å². The van der Waals surface area contributed by atoms with E-state index in [1.165, 1.54) is 52.9 Å². The van der Waals surface area contributed by atoms with Crippen LogP contribution in [0.3, 0.4) is 0 Å². The van der Waals surface area contributed by atoms with E-state index in [4.69, 9.17) is 9.81 Å². The predicted octanol–water partition coefficient (Wildman–Crippen LogP) is 11.2. The van der Waals surface area contributed by atoms with Crippen LogP contribution in [0.4, 0.5) is 39.3 Å². The van der Waals surface area contributed by atoms with Crippen LogP contribution in [-0.4, -0.2) is 79.0 Å². The number of phenols is 1. The minimum absolute atomic E-state index is 0.00917. The van der Waals surface area contributed by atoms with Crippen molar-refractivity contribution in [2.45, 2.75) is 16.7 Å². The maximum Gasteiger partial charge on any atom is 0.335 e. The van der Waals surface area contributed by atoms with Gasteiger partial charge in [0.1, 0.15) is 33.6 Å². The van der Waals surface area contributed by atoms with Crippen molar-refractivity contribution in [2.24, 2.45) is 30.7 Å². The normalized spacial score (nSPS) is 12.1. The van der Waals surface area contributed by atoms with Crippen molar-refractivity contribution in [3.05, 3.63) is 131 Å². The molecule has 0 bridgehead atoms. The summed E-state index contributed by atoms with van der Waals surface area (Å²) >= 11 is 1.37. The molecule has 6 aromatic carbocycles. The van der Waals surface area contributed by atoms with Crippen LogP contribution in [0, 0.1) is 18.3 Å². The van der Waals surface area contributed by atoms with Crippen molar-refractivity contribution in [3.8, 4) is 17.7 Å². The van der Waals surface area contributed by atoms with Gasteiger partial charge < -0.3 is 20.6 Å². The second kappa shape index (κ2) is 21.2. The van der Waals surface area contributed by atoms with Gasteiger partial charge in [-0.2, -0.15) is 27.2 Å². The number of nitrogens with one attached hydrogen (secondary N) is 1. The van der Waals surface area contributed by atoms with Crippen LogP contribution in [0.2, 0.25) is 0 Å². The number of carboxylic acids is 1. The van der Waals surface area contributed by atoms with Crippen LogP contribution in [0.5, 0.6) is 11.6 Å². The first kappa shape index (κ1) is 51.6. The van der Waals surface area contributed by atoms with E-state index >= 15 is 0 Å². The van der Waals surface area contributed by atoms with Crippen LogP contribution >= 0.6 is 23.4 Å². The molecule has 0 aliphatic rings. The molecule has 9 aromatic rings. The first-order chi connectivity index (χ1) is 35.2. The van der Waals surface area contributed by atoms with E-state index in [0.29, 0.717) is 50.5 Å². The minimum Gasteiger partial charge on any atom is -0.505 e. The summed E-state index contributed by atoms with van der Waals surface area (Å²) in [6.07, 6.45) is 0.715. The summed E-state index contributed by atoms with van der Waals surface area (Å²) in [5.41, 5.74) is 1.10. The van der Waals surface area contributed by atoms with E-state index in [1.807, 2.05) is 0 Å². The van der Waals surface area contributed by atoms with Gasteiger partial charge in [0.15, 0.2) is 17.1 Å². The van der Waals surface area contributed by atoms with Crippen molar-refractivity contribution < 1.29 is 65.5 Å². The average Bonchev–Trinajstić information content (AvgIpc) is 3.96. The Kier molecular flexibility index (Phi) is 14.8. The smallest absolute Gasteiger partial charge is 0.335 e. The van der Waals surface area contributed by atoms with Crippen molar-refractivity contribution >= 4 is 132 Å². The zero-order valence-corrected chi connectivity index (χ0v) is 40.7. The highest BCUT2D eigenvalue weighted by atomic mass is 32.2. The van der Waals surface area contributed by atoms with Crippen molar-refractivity contribution in [3.63, 3.8) is 0 Å². The maximum absolute atomic E-state index is 13.4. The fourth-order valence-corrected chi connectivity index (χ4v) is 8.98. The van der Waals surface area contributed by atoms with E-state index in [0.717, 1.165) is 23.5 Å². The van der Waals surface area contributed by atoms with Gasteiger partial charge in [0.25, 0.3) is 26.1 Å². The van der Waals surface area contributed by atoms with Crippen molar-refractivity contribution in [2.75, 3.05) is 11.6 Å². The first-order valence-corrected chi connectivity index (χ1v) is 25.4. The third-order valence-corrected chi connectivity index (χ3v) is 12.7. The number of phenolic OH excluding ortho intramolecular Hbond substituents is 1. The maximum atomic E-state index is 13.4. The molecule has 29 heteroatoms. The standard InChI is InChI=1S/C44H27N11O11S3.CH4O3S/c1-21-27(20-45)40-46-28-9-5-6-10-33(28)55(40)42(58)37(21)52-49-25-13-11-23-15-35(68-66-65-61)38(39(56)26(23)17-25)53-51-32-18-30(47-41(57)22-7-3-2-4-8-22)31(19-36(32)69(62,63)64)50-54-44-48-29-14-12-24(43(59)60)16-34(29)67-44;1-5(2,3)4/h2-19,56,58,61H,1H3,(H,47,57)(H,59,60)(H,62,63,64);1H3,(H,2,3,4). The van der Waals surface area contributed by atoms with E-state index in [1.54, 1.807) is 55.5 Å². The number of azo groups is 3. The molecule has 0 saturated heterocycles. The molecule has 0 aliphatic heterocycles. The number of carbonyl (C=O) groups is 2. The molecule has 7 N–H and O–H groups in total. The molecule has 0 aliphatic carbocycles. The summed E-state index contributed by atoms with van der Waals surface area (Å²) < 4.78 is 68.7. The lowest BCUT2D eigenvalue weighted by Crippen LogP contribution is -2.12. The molecule has 0 radical (unpaired) electrons. The van der Waals surface area contributed by atoms with Gasteiger partial charge in [0.05, 0.1) is 61.4 Å². The molecule has 3 aromatic heterocycles. The average molecular weight is 1080 g/mol. The van der Waals surface area contributed by atoms with Gasteiger partial charge >= 0.3 is 5.97 Å². The number of aromatic carboxylic acids is 1. The third kappa shape index (κ3) is 11.3. The summed E-state index contributed by atoms with van der Waals surface area (Å²) in [6.45, 7) is 1.59. The number of nitrogens with zero attached hydrogens (tertiary/aromatic N) is 10. The third-order valence-electron chi connectivity index (χ3n) is 10.3. The number of anilines is 1. The Balaban J connectivity index is 0.00000139. The van der Waals surface area contributed by atoms with E-state index < -0.39 is 48.4 Å². The molecule has 0 atom stereocenters. The molecule has 0 fully saturated rings. The molecule has 374 valence electrons. The Labute approximate surface area is 423 Å². The highest BCUT2D eigenvalue weighted by molar-refractivity contribution is 7.94. The van der Waals surface area contributed by atoms with Gasteiger partial charge in [-0.3, -0.25) is 18.3 Å². The molecular formula is C45H31N11O14S4. The quantitative estimate of drug-likeness (QED) is 0.0185. The van der Waals surface area contributed by atoms with Crippen LogP contribution in [-0.2, 0) is 29.6 Å². The SMILES string of the molecule is CS(=O)(=O)O.Cc1c(N=Nc2ccc3cc(SOOO)c(N=Nc4cc(NC(=O)c5ccccc5)c(N=Nc5nc6ccc(C(=O)O)cc6s5)cc4S(=O)(=O)O)c(O)c3c2)c(O)n2c(nc3ccccc32)c1C#N. The number of aromatic nitrogens is 3. The summed E-state index contributed by atoms with van der Waals surface area (Å²) in [5.74, 6) is -2.72. The van der Waals surface area contributed by atoms with Gasteiger partial charge in [-0.15, -0.1) is 29.9 Å². The van der Waals surface area contributed by atoms with Crippen molar-refractivity contribution in [1.29, 1.82) is 5.26 Å². The lowest BCUT2D eigenvalue weighted by atomic mass is 10.1. The second-order valence-electron chi connectivity index (χ2n) is 15.2. The Morgan fingerprint density at radius 1 is 0.797 bits per heavy atom. The molecule has 9 rings (SSSR count). The number of fused-ring (bicyclic) bond motifs is 5. The number of carboxylic acid groups (broad SMARTS) is 1. The molecular weight excluding hydrogens is 1050 g/mol. The molecule has 1 amide bonds. The molecule has 0 unspecified atom stereocenters. The molecule has 0 spiro atoms. The highest BCUT2D eigenvalue weighted by Crippen LogP contribution is 2.47. The number of thiazole rings is 1. The first-order valence-electron chi connectivity index (χ1n) is 20.5. The van der Waals surface area contributed by atoms with Crippen LogP contribution in [0.25, 0.3) is 37.7 Å². The van der Waals surface area contributed by atoms with E-state index in [9.17, 15) is 51.6 Å². The molecule has 74 heavy (non-hydrogen) atoms. The fourth-order valence-electron chi connectivity index (χ4n) is 7.03. The Bertz CT molecular complexity index is 4120. The minimum atomic E-state index is -5.15. The van der Waals surface area contributed by atoms with Crippen LogP contribution < -0.4 is 5.32 Å². The molecule has 3 heterocycles. The molecule has 25 nitrogen and oxygen atoms in total. The number of hydrogen-bond acceptors (Lipinski definition) is 22. The molecule has 0 saturated carbocycles. The Hall–Kier alpha value is -8.70. The monoisotopic (exact) mass is 1080 g/mol. The number of amides is 1. The number of rotatable bonds is 13. The van der Waals surface area contributed by atoms with E-state index in [2.05, 4.69) is 61.4 Å². The number of hydrogen-bond donors (Lipinski definition) is 7. The largest absolute Gasteiger partial charge is 0.505 e. The van der Waals surface area contributed by atoms with Gasteiger partial charge in [-0.1, -0.05) is 52.8 Å². The lowest BCUT2D eigenvalue weighted by molar-refractivity contribution is -0.432. The number of para-hydroxylation sites is 2. The zero-order valence-electron chi connectivity index (χ0n) is 37.4. The highest BCUT2D eigenvalue weighted by Gasteiger charge is 2.24. The Morgan fingerprint density at radius 3 is 2.20 bits per heavy atom. The summed E-state index contributed by atoms with van der Waals surface area (Å²) in [6, 6.07) is 29.1. The van der Waals surface area contributed by atoms with Crippen LogP contribution in [0.15, 0.2) is 150 Å². The topological polar surface area (TPSA) is 382 Å². The fraction of sp³-hybridized carbons (Fsp3) is 0.0444. The number of imidazole rings is 1. The summed E-state index contributed by atoms with van der Waals surface area (Å²) in [4.78, 5) is 32.9. The number of pyridine rings is 1. The number of aromatic hydroxyl groups is 2. The predicted molar refractivity (Wildman–Crippen MR) is 267 cm³/mol. The van der Waals surface area contributed by atoms with Gasteiger partial charge in [0.2, 0.25) is 11.0 Å². The number of carbonyl (C=O) groups excluding carboxylic acids is 1. The number of nitriles is 1. The lowest BCUT2D eigenvalue weighted by Gasteiger charge is -2.12. The van der Waals surface area contributed by atoms with Gasteiger partial charge in [-0.25, -0.2) is 20.0 Å². The summed E-state index contributed by atoms with van der Waals surface area (Å²) in [5, 5.41) is 83.5. The Morgan fingerprint density at radius 2 is 1.50 bits per heavy atom. The van der Waals surface area contributed by atoms with E-state index in [-0.39, 0.29) is 72.1 Å². The summed E-state index contributed by atoms with van der Waals surface area (Å²) in [7, 11) is -8.82. The number of benzene rings is 6. The van der Waals surface area contributed by atoms with Crippen LogP contribution in [0.1, 0.15) is 31.8 Å². The zero-order chi connectivity index (χ0) is 53.1.